The first kappa shape index (κ1) is 20.1. The molecule has 0 unspecified atom stereocenters. The molecule has 0 atom stereocenters. The minimum Gasteiger partial charge on any atom is -0.495 e. The minimum atomic E-state index is 0. The average molecular weight is 413 g/mol. The average Bonchev–Trinajstić information content (AvgIpc) is 3.41. The number of hydrogen-bond acceptors (Lipinski definition) is 6. The molecule has 0 saturated heterocycles. The highest BCUT2D eigenvalue weighted by Crippen LogP contribution is 2.35. The summed E-state index contributed by atoms with van der Waals surface area (Å²) < 4.78 is 7.32. The zero-order chi connectivity index (χ0) is 20.5. The number of nitrogens with one attached hydrogen (secondary N) is 2. The molecule has 0 aliphatic heterocycles. The van der Waals surface area contributed by atoms with Crippen LogP contribution in [0.4, 0.5) is 11.5 Å². The summed E-state index contributed by atoms with van der Waals surface area (Å²) in [6, 6.07) is 18.1. The summed E-state index contributed by atoms with van der Waals surface area (Å²) in [6.45, 7) is 0. The summed E-state index contributed by atoms with van der Waals surface area (Å²) in [5.41, 5.74) is 5.07. The Bertz CT molecular complexity index is 1320. The molecule has 0 amide bonds. The second kappa shape index (κ2) is 8.27. The van der Waals surface area contributed by atoms with Crippen LogP contribution in [0, 0.1) is 0 Å². The second-order valence-corrected chi connectivity index (χ2v) is 6.80. The third-order valence-electron chi connectivity index (χ3n) is 4.88. The number of anilines is 2. The van der Waals surface area contributed by atoms with Gasteiger partial charge >= 0.3 is 0 Å². The molecule has 0 fully saturated rings. The number of nitrogens with zero attached hydrogens (tertiary/aromatic N) is 5. The van der Waals surface area contributed by atoms with E-state index < -0.39 is 0 Å². The standard InChI is InChI=1S/C22H19N7O.CH4/c1-29-11-10-16(28-29)20-19-21(23-13-24-22(19)27-26-20)25-17-12-15(8-9-18(17)30-2)14-6-4-3-5-7-14;/h3-13H,1-2H3,(H2,23,24,25,26,27);1H4. The molecule has 5 aromatic rings. The summed E-state index contributed by atoms with van der Waals surface area (Å²) in [4.78, 5) is 8.76. The van der Waals surface area contributed by atoms with Crippen molar-refractivity contribution < 1.29 is 4.74 Å². The van der Waals surface area contributed by atoms with E-state index in [0.29, 0.717) is 17.2 Å². The topological polar surface area (TPSA) is 93.5 Å². The van der Waals surface area contributed by atoms with E-state index in [-0.39, 0.29) is 7.43 Å². The Hall–Kier alpha value is -4.20. The molecule has 3 heterocycles. The zero-order valence-corrected chi connectivity index (χ0v) is 16.5. The molecule has 31 heavy (non-hydrogen) atoms. The highest BCUT2D eigenvalue weighted by molar-refractivity contribution is 5.99. The van der Waals surface area contributed by atoms with Crippen molar-refractivity contribution in [3.05, 3.63) is 67.1 Å². The van der Waals surface area contributed by atoms with Crippen LogP contribution in [0.5, 0.6) is 5.75 Å². The van der Waals surface area contributed by atoms with Crippen molar-refractivity contribution in [3.8, 4) is 28.3 Å². The van der Waals surface area contributed by atoms with E-state index in [1.165, 1.54) is 6.33 Å². The fourth-order valence-corrected chi connectivity index (χ4v) is 3.43. The van der Waals surface area contributed by atoms with E-state index in [9.17, 15) is 0 Å². The summed E-state index contributed by atoms with van der Waals surface area (Å²) in [5.74, 6) is 1.34. The van der Waals surface area contributed by atoms with E-state index in [1.54, 1.807) is 11.8 Å². The molecule has 2 aromatic carbocycles. The Morgan fingerprint density at radius 3 is 2.58 bits per heavy atom. The molecule has 3 aromatic heterocycles. The molecule has 0 aliphatic carbocycles. The minimum absolute atomic E-state index is 0. The van der Waals surface area contributed by atoms with Crippen molar-refractivity contribution in [2.45, 2.75) is 7.43 Å². The van der Waals surface area contributed by atoms with Gasteiger partial charge in [0.2, 0.25) is 0 Å². The van der Waals surface area contributed by atoms with E-state index in [4.69, 9.17) is 4.74 Å². The van der Waals surface area contributed by atoms with Crippen molar-refractivity contribution in [1.82, 2.24) is 29.9 Å². The van der Waals surface area contributed by atoms with E-state index in [0.717, 1.165) is 33.6 Å². The van der Waals surface area contributed by atoms with E-state index >= 15 is 0 Å². The third kappa shape index (κ3) is 3.71. The van der Waals surface area contributed by atoms with Gasteiger partial charge in [-0.3, -0.25) is 9.78 Å². The number of hydrogen-bond donors (Lipinski definition) is 2. The number of benzene rings is 2. The predicted octanol–water partition coefficient (Wildman–Crippen LogP) is 4.81. The van der Waals surface area contributed by atoms with Crippen molar-refractivity contribution in [2.24, 2.45) is 7.05 Å². The van der Waals surface area contributed by atoms with Crippen LogP contribution in [-0.4, -0.2) is 37.1 Å². The number of fused-ring (bicyclic) bond motifs is 1. The van der Waals surface area contributed by atoms with Crippen molar-refractivity contribution >= 4 is 22.5 Å². The van der Waals surface area contributed by atoms with Gasteiger partial charge in [-0.25, -0.2) is 9.97 Å². The molecule has 0 spiro atoms. The maximum absolute atomic E-state index is 5.58. The van der Waals surface area contributed by atoms with Crippen LogP contribution in [0.25, 0.3) is 33.5 Å². The highest BCUT2D eigenvalue weighted by atomic mass is 16.5. The number of ether oxygens (including phenoxy) is 1. The summed E-state index contributed by atoms with van der Waals surface area (Å²) >= 11 is 0. The quantitative estimate of drug-likeness (QED) is 0.429. The van der Waals surface area contributed by atoms with Gasteiger partial charge in [0.05, 0.1) is 23.9 Å². The number of aromatic nitrogens is 6. The Kier molecular flexibility index (Phi) is 5.36. The monoisotopic (exact) mass is 413 g/mol. The molecule has 2 N–H and O–H groups in total. The molecule has 8 heteroatoms. The van der Waals surface area contributed by atoms with Crippen LogP contribution in [0.1, 0.15) is 7.43 Å². The Labute approximate surface area is 179 Å². The molecular weight excluding hydrogens is 390 g/mol. The maximum atomic E-state index is 5.58. The van der Waals surface area contributed by atoms with Crippen molar-refractivity contribution in [2.75, 3.05) is 12.4 Å². The molecule has 0 radical (unpaired) electrons. The normalized spacial score (nSPS) is 10.6. The van der Waals surface area contributed by atoms with Gasteiger partial charge in [-0.1, -0.05) is 43.8 Å². The molecule has 8 nitrogen and oxygen atoms in total. The number of rotatable bonds is 5. The van der Waals surface area contributed by atoms with Gasteiger partial charge in [0.25, 0.3) is 0 Å². The summed E-state index contributed by atoms with van der Waals surface area (Å²) in [7, 11) is 3.52. The maximum Gasteiger partial charge on any atom is 0.186 e. The Balaban J connectivity index is 0.00000231. The second-order valence-electron chi connectivity index (χ2n) is 6.80. The number of H-pyrrole nitrogens is 1. The van der Waals surface area contributed by atoms with Crippen LogP contribution in [0.15, 0.2) is 67.1 Å². The molecule has 5 rings (SSSR count). The third-order valence-corrected chi connectivity index (χ3v) is 4.88. The van der Waals surface area contributed by atoms with Gasteiger partial charge in [0, 0.05) is 13.2 Å². The first-order chi connectivity index (χ1) is 14.7. The predicted molar refractivity (Wildman–Crippen MR) is 122 cm³/mol. The lowest BCUT2D eigenvalue weighted by atomic mass is 10.0. The van der Waals surface area contributed by atoms with Gasteiger partial charge in [-0.15, -0.1) is 0 Å². The SMILES string of the molecule is C.COc1ccc(-c2ccccc2)cc1Nc1ncnc2n[nH]c(-c3ccn(C)n3)c12. The van der Waals surface area contributed by atoms with Crippen LogP contribution >= 0.6 is 0 Å². The lowest BCUT2D eigenvalue weighted by Crippen LogP contribution is -1.99. The van der Waals surface area contributed by atoms with E-state index in [1.807, 2.05) is 55.7 Å². The molecule has 0 aliphatic rings. The van der Waals surface area contributed by atoms with Gasteiger partial charge in [-0.2, -0.15) is 10.2 Å². The largest absolute Gasteiger partial charge is 0.495 e. The number of aryl methyl sites for hydroxylation is 1. The summed E-state index contributed by atoms with van der Waals surface area (Å²) in [5, 5.41) is 16.0. The smallest absolute Gasteiger partial charge is 0.186 e. The Morgan fingerprint density at radius 1 is 1.00 bits per heavy atom. The van der Waals surface area contributed by atoms with Crippen molar-refractivity contribution in [1.29, 1.82) is 0 Å². The highest BCUT2D eigenvalue weighted by Gasteiger charge is 2.17. The Morgan fingerprint density at radius 2 is 1.84 bits per heavy atom. The fourth-order valence-electron chi connectivity index (χ4n) is 3.43. The summed E-state index contributed by atoms with van der Waals surface area (Å²) in [6.07, 6.45) is 3.37. The number of methoxy groups -OCH3 is 1. The van der Waals surface area contributed by atoms with Crippen molar-refractivity contribution in [3.63, 3.8) is 0 Å². The zero-order valence-electron chi connectivity index (χ0n) is 16.5. The lowest BCUT2D eigenvalue weighted by molar-refractivity contribution is 0.417. The fraction of sp³-hybridized carbons (Fsp3) is 0.130. The molecule has 156 valence electrons. The first-order valence-electron chi connectivity index (χ1n) is 9.42. The molecule has 0 bridgehead atoms. The lowest BCUT2D eigenvalue weighted by Gasteiger charge is -2.13. The van der Waals surface area contributed by atoms with Crippen LogP contribution in [0.3, 0.4) is 0 Å². The van der Waals surface area contributed by atoms with Gasteiger partial charge in [-0.05, 0) is 29.3 Å². The van der Waals surface area contributed by atoms with E-state index in [2.05, 4.69) is 42.7 Å². The van der Waals surface area contributed by atoms with Crippen LogP contribution in [0.2, 0.25) is 0 Å². The molecule has 0 saturated carbocycles. The first-order valence-corrected chi connectivity index (χ1v) is 9.42. The van der Waals surface area contributed by atoms with Gasteiger partial charge < -0.3 is 10.1 Å². The molecular formula is C23H23N7O. The van der Waals surface area contributed by atoms with Gasteiger partial charge in [0.1, 0.15) is 23.6 Å². The van der Waals surface area contributed by atoms with Crippen LogP contribution < -0.4 is 10.1 Å². The van der Waals surface area contributed by atoms with Crippen LogP contribution in [-0.2, 0) is 7.05 Å². The van der Waals surface area contributed by atoms with Gasteiger partial charge in [0.15, 0.2) is 5.65 Å². The number of aromatic amines is 1.